The first kappa shape index (κ1) is 24.2. The van der Waals surface area contributed by atoms with Crippen molar-refractivity contribution in [1.82, 2.24) is 16.0 Å². The molecule has 0 atom stereocenters. The molecule has 0 aliphatic rings. The molecule has 0 radical (unpaired) electrons. The highest BCUT2D eigenvalue weighted by molar-refractivity contribution is 5.79. The summed E-state index contributed by atoms with van der Waals surface area (Å²) < 4.78 is 21.4. The number of benzene rings is 1. The normalized spacial score (nSPS) is 11.5. The van der Waals surface area contributed by atoms with Crippen molar-refractivity contribution in [2.24, 2.45) is 4.99 Å². The number of guanidine groups is 1. The SMILES string of the molecule is CN=C(NCCCNC(=O)OC(C)(C)C)NCc1ccc(OC)c(OC)c1OC. The van der Waals surface area contributed by atoms with E-state index in [4.69, 9.17) is 18.9 Å². The molecule has 3 N–H and O–H groups in total. The Balaban J connectivity index is 2.48. The molecule has 0 spiro atoms. The fourth-order valence-electron chi connectivity index (χ4n) is 2.50. The second kappa shape index (κ2) is 11.9. The number of nitrogens with zero attached hydrogens (tertiary/aromatic N) is 1. The summed E-state index contributed by atoms with van der Waals surface area (Å²) in [4.78, 5) is 15.8. The van der Waals surface area contributed by atoms with Gasteiger partial charge in [0, 0.05) is 32.2 Å². The molecule has 0 bridgehead atoms. The number of carbonyl (C=O) groups excluding carboxylic acids is 1. The van der Waals surface area contributed by atoms with E-state index in [-0.39, 0.29) is 0 Å². The van der Waals surface area contributed by atoms with Gasteiger partial charge in [-0.15, -0.1) is 0 Å². The lowest BCUT2D eigenvalue weighted by Gasteiger charge is -2.19. The quantitative estimate of drug-likeness (QED) is 0.326. The number of nitrogens with one attached hydrogen (secondary N) is 3. The number of hydrogen-bond acceptors (Lipinski definition) is 6. The monoisotopic (exact) mass is 410 g/mol. The molecule has 1 rings (SSSR count). The second-order valence-electron chi connectivity index (χ2n) is 7.13. The standard InChI is InChI=1S/C20H34N4O5/c1-20(2,3)29-19(25)23-12-8-11-22-18(21-4)24-13-14-9-10-15(26-5)17(28-7)16(14)27-6/h9-10H,8,11-13H2,1-7H3,(H,23,25)(H2,21,22,24). The molecular weight excluding hydrogens is 376 g/mol. The summed E-state index contributed by atoms with van der Waals surface area (Å²) in [6, 6.07) is 3.74. The highest BCUT2D eigenvalue weighted by Crippen LogP contribution is 2.39. The molecule has 0 saturated carbocycles. The Morgan fingerprint density at radius 3 is 2.17 bits per heavy atom. The molecule has 1 aromatic rings. The maximum absolute atomic E-state index is 11.6. The van der Waals surface area contributed by atoms with Crippen LogP contribution in [-0.2, 0) is 11.3 Å². The topological polar surface area (TPSA) is 102 Å². The van der Waals surface area contributed by atoms with Gasteiger partial charge in [-0.1, -0.05) is 0 Å². The molecule has 0 aromatic heterocycles. The summed E-state index contributed by atoms with van der Waals surface area (Å²) in [6.45, 7) is 7.12. The van der Waals surface area contributed by atoms with E-state index in [1.807, 2.05) is 32.9 Å². The van der Waals surface area contributed by atoms with Crippen molar-refractivity contribution in [2.75, 3.05) is 41.5 Å². The molecule has 0 heterocycles. The first-order valence-electron chi connectivity index (χ1n) is 9.45. The predicted molar refractivity (Wildman–Crippen MR) is 113 cm³/mol. The van der Waals surface area contributed by atoms with E-state index >= 15 is 0 Å². The van der Waals surface area contributed by atoms with Crippen molar-refractivity contribution in [3.05, 3.63) is 17.7 Å². The summed E-state index contributed by atoms with van der Waals surface area (Å²) >= 11 is 0. The van der Waals surface area contributed by atoms with Gasteiger partial charge in [-0.05, 0) is 39.3 Å². The van der Waals surface area contributed by atoms with Crippen LogP contribution in [-0.4, -0.2) is 59.1 Å². The Hall–Kier alpha value is -2.84. The third-order valence-corrected chi connectivity index (χ3v) is 3.77. The van der Waals surface area contributed by atoms with Crippen LogP contribution in [0, 0.1) is 0 Å². The number of ether oxygens (including phenoxy) is 4. The fourth-order valence-corrected chi connectivity index (χ4v) is 2.50. The van der Waals surface area contributed by atoms with Gasteiger partial charge >= 0.3 is 6.09 Å². The molecule has 9 nitrogen and oxygen atoms in total. The minimum atomic E-state index is -0.501. The third-order valence-electron chi connectivity index (χ3n) is 3.77. The van der Waals surface area contributed by atoms with Crippen LogP contribution >= 0.6 is 0 Å². The van der Waals surface area contributed by atoms with Gasteiger partial charge in [0.15, 0.2) is 17.5 Å². The Bertz CT molecular complexity index is 686. The Morgan fingerprint density at radius 1 is 0.966 bits per heavy atom. The van der Waals surface area contributed by atoms with Gasteiger partial charge in [0.2, 0.25) is 5.75 Å². The van der Waals surface area contributed by atoms with Gasteiger partial charge in [0.25, 0.3) is 0 Å². The molecule has 29 heavy (non-hydrogen) atoms. The van der Waals surface area contributed by atoms with E-state index in [0.29, 0.717) is 42.8 Å². The minimum Gasteiger partial charge on any atom is -0.493 e. The Morgan fingerprint density at radius 2 is 1.62 bits per heavy atom. The van der Waals surface area contributed by atoms with E-state index in [1.54, 1.807) is 28.4 Å². The van der Waals surface area contributed by atoms with Crippen LogP contribution in [0.3, 0.4) is 0 Å². The molecule has 0 unspecified atom stereocenters. The smallest absolute Gasteiger partial charge is 0.407 e. The van der Waals surface area contributed by atoms with Gasteiger partial charge < -0.3 is 34.9 Å². The van der Waals surface area contributed by atoms with Crippen molar-refractivity contribution in [1.29, 1.82) is 0 Å². The lowest BCUT2D eigenvalue weighted by Crippen LogP contribution is -2.39. The van der Waals surface area contributed by atoms with Crippen molar-refractivity contribution in [3.8, 4) is 17.2 Å². The van der Waals surface area contributed by atoms with Crippen LogP contribution in [0.15, 0.2) is 17.1 Å². The zero-order valence-electron chi connectivity index (χ0n) is 18.5. The van der Waals surface area contributed by atoms with Crippen molar-refractivity contribution < 1.29 is 23.7 Å². The number of aliphatic imine (C=N–C) groups is 1. The molecule has 0 aliphatic heterocycles. The van der Waals surface area contributed by atoms with Crippen molar-refractivity contribution >= 4 is 12.1 Å². The number of carbonyl (C=O) groups is 1. The first-order valence-corrected chi connectivity index (χ1v) is 9.45. The number of hydrogen-bond donors (Lipinski definition) is 3. The predicted octanol–water partition coefficient (Wildman–Crippen LogP) is 2.29. The average Bonchev–Trinajstić information content (AvgIpc) is 2.67. The molecule has 164 valence electrons. The minimum absolute atomic E-state index is 0.416. The fraction of sp³-hybridized carbons (Fsp3) is 0.600. The van der Waals surface area contributed by atoms with E-state index in [0.717, 1.165) is 12.0 Å². The van der Waals surface area contributed by atoms with Crippen molar-refractivity contribution in [3.63, 3.8) is 0 Å². The highest BCUT2D eigenvalue weighted by atomic mass is 16.6. The maximum Gasteiger partial charge on any atom is 0.407 e. The largest absolute Gasteiger partial charge is 0.493 e. The van der Waals surface area contributed by atoms with Crippen LogP contribution in [0.5, 0.6) is 17.2 Å². The maximum atomic E-state index is 11.6. The van der Waals surface area contributed by atoms with Gasteiger partial charge in [-0.3, -0.25) is 4.99 Å². The van der Waals surface area contributed by atoms with Crippen molar-refractivity contribution in [2.45, 2.75) is 39.3 Å². The average molecular weight is 411 g/mol. The number of rotatable bonds is 9. The Kier molecular flexibility index (Phi) is 9.91. The number of amides is 1. The summed E-state index contributed by atoms with van der Waals surface area (Å²) in [6.07, 6.45) is 0.306. The molecule has 0 saturated heterocycles. The zero-order chi connectivity index (χ0) is 21.9. The number of methoxy groups -OCH3 is 3. The lowest BCUT2D eigenvalue weighted by atomic mass is 10.1. The van der Waals surface area contributed by atoms with Crippen LogP contribution in [0.2, 0.25) is 0 Å². The molecular formula is C20H34N4O5. The van der Waals surface area contributed by atoms with E-state index in [1.165, 1.54) is 0 Å². The molecule has 1 amide bonds. The summed E-state index contributed by atoms with van der Waals surface area (Å²) in [5.41, 5.74) is 0.402. The Labute approximate surface area is 173 Å². The van der Waals surface area contributed by atoms with Gasteiger partial charge in [-0.2, -0.15) is 0 Å². The van der Waals surface area contributed by atoms with Crippen LogP contribution < -0.4 is 30.2 Å². The summed E-state index contributed by atoms with van der Waals surface area (Å²) in [5, 5.41) is 9.15. The second-order valence-corrected chi connectivity index (χ2v) is 7.13. The molecule has 1 aromatic carbocycles. The van der Waals surface area contributed by atoms with Gasteiger partial charge in [0.05, 0.1) is 21.3 Å². The summed E-state index contributed by atoms with van der Waals surface area (Å²) in [5.74, 6) is 2.40. The van der Waals surface area contributed by atoms with Gasteiger partial charge in [0.1, 0.15) is 5.60 Å². The van der Waals surface area contributed by atoms with Gasteiger partial charge in [-0.25, -0.2) is 4.79 Å². The van der Waals surface area contributed by atoms with Crippen LogP contribution in [0.1, 0.15) is 32.8 Å². The van der Waals surface area contributed by atoms with E-state index in [2.05, 4.69) is 20.9 Å². The number of alkyl carbamates (subject to hydrolysis) is 1. The van der Waals surface area contributed by atoms with Crippen LogP contribution in [0.4, 0.5) is 4.79 Å². The highest BCUT2D eigenvalue weighted by Gasteiger charge is 2.16. The molecule has 9 heteroatoms. The van der Waals surface area contributed by atoms with Crippen LogP contribution in [0.25, 0.3) is 0 Å². The zero-order valence-corrected chi connectivity index (χ0v) is 18.5. The third kappa shape index (κ3) is 8.37. The molecule has 0 fully saturated rings. The summed E-state index contributed by atoms with van der Waals surface area (Å²) in [7, 11) is 6.44. The first-order chi connectivity index (χ1) is 13.8. The van der Waals surface area contributed by atoms with E-state index in [9.17, 15) is 4.79 Å². The molecule has 0 aliphatic carbocycles. The lowest BCUT2D eigenvalue weighted by molar-refractivity contribution is 0.0527. The van der Waals surface area contributed by atoms with E-state index < -0.39 is 11.7 Å².